The van der Waals surface area contributed by atoms with Gasteiger partial charge in [0.1, 0.15) is 5.75 Å². The summed E-state index contributed by atoms with van der Waals surface area (Å²) in [6.07, 6.45) is -0.829. The van der Waals surface area contributed by atoms with Crippen LogP contribution in [0.2, 0.25) is 0 Å². The van der Waals surface area contributed by atoms with Crippen molar-refractivity contribution in [1.82, 2.24) is 4.90 Å². The zero-order valence-corrected chi connectivity index (χ0v) is 16.7. The summed E-state index contributed by atoms with van der Waals surface area (Å²) in [7, 11) is 0. The van der Waals surface area contributed by atoms with Crippen LogP contribution >= 0.6 is 15.9 Å². The molecule has 0 amide bonds. The van der Waals surface area contributed by atoms with E-state index < -0.39 is 11.7 Å². The van der Waals surface area contributed by atoms with Gasteiger partial charge in [0.2, 0.25) is 0 Å². The van der Waals surface area contributed by atoms with Crippen LogP contribution in [0.4, 0.5) is 13.2 Å². The topological polar surface area (TPSA) is 38.8 Å². The van der Waals surface area contributed by atoms with Crippen LogP contribution in [0, 0.1) is 5.41 Å². The molecule has 1 aromatic carbocycles. The maximum atomic E-state index is 13.0. The second-order valence-electron chi connectivity index (χ2n) is 7.37. The monoisotopic (exact) mass is 449 g/mol. The van der Waals surface area contributed by atoms with Crippen molar-refractivity contribution in [3.8, 4) is 5.75 Å². The van der Waals surface area contributed by atoms with Crippen LogP contribution in [0.3, 0.4) is 0 Å². The summed E-state index contributed by atoms with van der Waals surface area (Å²) in [6, 6.07) is 3.99. The van der Waals surface area contributed by atoms with E-state index in [1.807, 2.05) is 0 Å². The van der Waals surface area contributed by atoms with Crippen molar-refractivity contribution in [2.75, 3.05) is 26.2 Å². The molecule has 27 heavy (non-hydrogen) atoms. The second-order valence-corrected chi connectivity index (χ2v) is 8.22. The predicted molar refractivity (Wildman–Crippen MR) is 97.5 cm³/mol. The average molecular weight is 450 g/mol. The highest BCUT2D eigenvalue weighted by molar-refractivity contribution is 9.10. The van der Waals surface area contributed by atoms with E-state index in [0.717, 1.165) is 44.8 Å². The Balaban J connectivity index is 1.49. The average Bonchev–Trinajstić information content (AvgIpc) is 2.56. The van der Waals surface area contributed by atoms with Crippen molar-refractivity contribution in [3.63, 3.8) is 0 Å². The molecule has 2 aliphatic rings. The summed E-state index contributed by atoms with van der Waals surface area (Å²) < 4.78 is 49.8. The highest BCUT2D eigenvalue weighted by Crippen LogP contribution is 2.50. The van der Waals surface area contributed by atoms with Crippen molar-refractivity contribution >= 4 is 21.9 Å². The van der Waals surface area contributed by atoms with Crippen LogP contribution in [-0.2, 0) is 15.7 Å². The quantitative estimate of drug-likeness (QED) is 0.613. The fraction of sp³-hybridized carbons (Fsp3) is 0.632. The molecule has 1 heterocycles. The Hall–Kier alpha value is -1.28. The first-order chi connectivity index (χ1) is 12.7. The van der Waals surface area contributed by atoms with Gasteiger partial charge < -0.3 is 9.47 Å². The van der Waals surface area contributed by atoms with Gasteiger partial charge >= 0.3 is 12.1 Å². The molecule has 8 heteroatoms. The number of carbonyl (C=O) groups is 1. The number of benzene rings is 1. The molecule has 150 valence electrons. The number of hydrogen-bond acceptors (Lipinski definition) is 4. The summed E-state index contributed by atoms with van der Waals surface area (Å²) >= 11 is 2.94. The minimum absolute atomic E-state index is 0.0152. The number of halogens is 4. The second kappa shape index (κ2) is 7.99. The van der Waals surface area contributed by atoms with Gasteiger partial charge in [-0.1, -0.05) is 15.9 Å². The number of rotatable bonds is 5. The van der Waals surface area contributed by atoms with E-state index in [4.69, 9.17) is 9.47 Å². The maximum Gasteiger partial charge on any atom is 0.417 e. The fourth-order valence-electron chi connectivity index (χ4n) is 3.96. The first-order valence-corrected chi connectivity index (χ1v) is 9.91. The molecule has 4 nitrogen and oxygen atoms in total. The van der Waals surface area contributed by atoms with Gasteiger partial charge in [-0.2, -0.15) is 13.2 Å². The van der Waals surface area contributed by atoms with Gasteiger partial charge in [-0.3, -0.25) is 9.69 Å². The molecule has 2 fully saturated rings. The van der Waals surface area contributed by atoms with Gasteiger partial charge in [-0.15, -0.1) is 0 Å². The molecule has 1 aromatic rings. The summed E-state index contributed by atoms with van der Waals surface area (Å²) in [5.74, 6) is 0.0594. The van der Waals surface area contributed by atoms with Gasteiger partial charge in [-0.05, 0) is 69.3 Å². The van der Waals surface area contributed by atoms with E-state index >= 15 is 0 Å². The van der Waals surface area contributed by atoms with Crippen molar-refractivity contribution in [2.24, 2.45) is 5.41 Å². The van der Waals surface area contributed by atoms with E-state index in [1.165, 1.54) is 6.07 Å². The minimum Gasteiger partial charge on any atom is -0.490 e. The lowest BCUT2D eigenvalue weighted by molar-refractivity contribution is -0.145. The number of esters is 1. The summed E-state index contributed by atoms with van der Waals surface area (Å²) in [5.41, 5.74) is -0.529. The minimum atomic E-state index is -4.41. The molecule has 1 saturated carbocycles. The SMILES string of the molecule is CCOC(=O)CN1CCC2(CC1)CC(Oc1ccc(Br)c(C(F)(F)F)c1)C2. The van der Waals surface area contributed by atoms with E-state index in [2.05, 4.69) is 20.8 Å². The zero-order valence-electron chi connectivity index (χ0n) is 15.2. The summed E-state index contributed by atoms with van der Waals surface area (Å²) in [4.78, 5) is 13.7. The third kappa shape index (κ3) is 4.96. The van der Waals surface area contributed by atoms with E-state index in [0.29, 0.717) is 13.2 Å². The molecule has 0 unspecified atom stereocenters. The van der Waals surface area contributed by atoms with E-state index in [1.54, 1.807) is 13.0 Å². The van der Waals surface area contributed by atoms with Crippen molar-refractivity contribution in [1.29, 1.82) is 0 Å². The number of piperidine rings is 1. The zero-order chi connectivity index (χ0) is 19.7. The fourth-order valence-corrected chi connectivity index (χ4v) is 4.43. The van der Waals surface area contributed by atoms with Gasteiger partial charge in [0.15, 0.2) is 0 Å². The third-order valence-corrected chi connectivity index (χ3v) is 6.13. The lowest BCUT2D eigenvalue weighted by Gasteiger charge is -2.51. The van der Waals surface area contributed by atoms with Gasteiger partial charge in [-0.25, -0.2) is 0 Å². The van der Waals surface area contributed by atoms with Crippen LogP contribution in [0.5, 0.6) is 5.75 Å². The Morgan fingerprint density at radius 2 is 1.96 bits per heavy atom. The predicted octanol–water partition coefficient (Wildman–Crippen LogP) is 4.65. The molecule has 1 spiro atoms. The Labute approximate surface area is 165 Å². The normalized spacial score (nSPS) is 20.3. The molecule has 0 atom stereocenters. The van der Waals surface area contributed by atoms with Crippen molar-refractivity contribution in [3.05, 3.63) is 28.2 Å². The molecule has 1 aliphatic carbocycles. The molecule has 0 bridgehead atoms. The van der Waals surface area contributed by atoms with Gasteiger partial charge in [0.25, 0.3) is 0 Å². The van der Waals surface area contributed by atoms with Crippen molar-refractivity contribution in [2.45, 2.75) is 44.9 Å². The molecule has 0 N–H and O–H groups in total. The highest BCUT2D eigenvalue weighted by Gasteiger charge is 2.47. The number of ether oxygens (including phenoxy) is 2. The van der Waals surface area contributed by atoms with E-state index in [9.17, 15) is 18.0 Å². The largest absolute Gasteiger partial charge is 0.490 e. The van der Waals surface area contributed by atoms with Crippen LogP contribution < -0.4 is 4.74 Å². The molecule has 3 rings (SSSR count). The van der Waals surface area contributed by atoms with Gasteiger partial charge in [0.05, 0.1) is 24.8 Å². The van der Waals surface area contributed by atoms with E-state index in [-0.39, 0.29) is 27.7 Å². The first-order valence-electron chi connectivity index (χ1n) is 9.12. The Morgan fingerprint density at radius 3 is 2.56 bits per heavy atom. The molecule has 0 radical (unpaired) electrons. The first kappa shape index (κ1) is 20.5. The van der Waals surface area contributed by atoms with Crippen LogP contribution in [0.1, 0.15) is 38.2 Å². The molecular weight excluding hydrogens is 427 g/mol. The Kier molecular flexibility index (Phi) is 6.05. The molecular formula is C19H23BrF3NO3. The molecule has 0 aromatic heterocycles. The smallest absolute Gasteiger partial charge is 0.417 e. The lowest BCUT2D eigenvalue weighted by Crippen LogP contribution is -2.51. The van der Waals surface area contributed by atoms with Crippen LogP contribution in [0.25, 0.3) is 0 Å². The highest BCUT2D eigenvalue weighted by atomic mass is 79.9. The number of hydrogen-bond donors (Lipinski definition) is 0. The standard InChI is InChI=1S/C19H23BrF3NO3/c1-2-26-17(25)12-24-7-5-18(6-8-24)10-14(11-18)27-13-3-4-16(20)15(9-13)19(21,22)23/h3-4,9,14H,2,5-8,10-12H2,1H3. The summed E-state index contributed by atoms with van der Waals surface area (Å²) in [6.45, 7) is 4.18. The Morgan fingerprint density at radius 1 is 1.30 bits per heavy atom. The third-order valence-electron chi connectivity index (χ3n) is 5.44. The van der Waals surface area contributed by atoms with Crippen LogP contribution in [-0.4, -0.2) is 43.2 Å². The maximum absolute atomic E-state index is 13.0. The Bertz CT molecular complexity index is 679. The molecule has 1 aliphatic heterocycles. The number of alkyl halides is 3. The number of carbonyl (C=O) groups excluding carboxylic acids is 1. The summed E-state index contributed by atoms with van der Waals surface area (Å²) in [5, 5.41) is 0. The molecule has 1 saturated heterocycles. The van der Waals surface area contributed by atoms with Crippen LogP contribution in [0.15, 0.2) is 22.7 Å². The lowest BCUT2D eigenvalue weighted by atomic mass is 9.61. The number of likely N-dealkylation sites (tertiary alicyclic amines) is 1. The van der Waals surface area contributed by atoms with Crippen molar-refractivity contribution < 1.29 is 27.4 Å². The van der Waals surface area contributed by atoms with Gasteiger partial charge in [0, 0.05) is 4.47 Å². The number of nitrogens with zero attached hydrogens (tertiary/aromatic N) is 1.